The van der Waals surface area contributed by atoms with Crippen molar-refractivity contribution in [3.8, 4) is 5.88 Å². The first-order valence-electron chi connectivity index (χ1n) is 7.96. The van der Waals surface area contributed by atoms with Crippen molar-refractivity contribution >= 4 is 43.2 Å². The van der Waals surface area contributed by atoms with E-state index < -0.39 is 31.0 Å². The Kier molecular flexibility index (Phi) is 7.00. The predicted molar refractivity (Wildman–Crippen MR) is 107 cm³/mol. The van der Waals surface area contributed by atoms with E-state index in [1.54, 1.807) is 26.0 Å². The van der Waals surface area contributed by atoms with E-state index in [4.69, 9.17) is 38.2 Å². The molecule has 1 aromatic carbocycles. The zero-order chi connectivity index (χ0) is 21.3. The Labute approximate surface area is 173 Å². The highest BCUT2D eigenvalue weighted by atomic mass is 35.5. The van der Waals surface area contributed by atoms with Crippen molar-refractivity contribution in [1.82, 2.24) is 9.78 Å². The van der Waals surface area contributed by atoms with Gasteiger partial charge in [0.05, 0.1) is 24.1 Å². The summed E-state index contributed by atoms with van der Waals surface area (Å²) in [6, 6.07) is 6.10. The molecule has 0 bridgehead atoms. The van der Waals surface area contributed by atoms with Crippen LogP contribution in [-0.4, -0.2) is 38.5 Å². The maximum atomic E-state index is 12.1. The number of nitrogens with zero attached hydrogens (tertiary/aromatic N) is 2. The van der Waals surface area contributed by atoms with E-state index in [-0.39, 0.29) is 24.2 Å². The second kappa shape index (κ2) is 8.56. The summed E-state index contributed by atoms with van der Waals surface area (Å²) in [5, 5.41) is 13.7. The van der Waals surface area contributed by atoms with E-state index in [1.165, 1.54) is 16.8 Å². The first-order chi connectivity index (χ1) is 12.8. The Hall–Kier alpha value is -1.37. The van der Waals surface area contributed by atoms with Crippen LogP contribution >= 0.6 is 23.2 Å². The van der Waals surface area contributed by atoms with Gasteiger partial charge < -0.3 is 4.74 Å². The minimum Gasteiger partial charge on any atom is -0.474 e. The predicted octanol–water partition coefficient (Wildman–Crippen LogP) is 1.64. The Morgan fingerprint density at radius 2 is 1.79 bits per heavy atom. The largest absolute Gasteiger partial charge is 0.474 e. The summed E-state index contributed by atoms with van der Waals surface area (Å²) in [6.45, 7) is 3.55. The fourth-order valence-corrected chi connectivity index (χ4v) is 5.38. The van der Waals surface area contributed by atoms with Crippen LogP contribution in [0.5, 0.6) is 5.88 Å². The molecule has 0 aliphatic rings. The van der Waals surface area contributed by atoms with Crippen LogP contribution in [0.1, 0.15) is 30.4 Å². The fourth-order valence-electron chi connectivity index (χ4n) is 2.46. The van der Waals surface area contributed by atoms with Gasteiger partial charge in [0.25, 0.3) is 0 Å². The molecule has 1 aromatic heterocycles. The molecule has 2 aromatic rings. The van der Waals surface area contributed by atoms with Crippen molar-refractivity contribution in [3.05, 3.63) is 45.6 Å². The van der Waals surface area contributed by atoms with Gasteiger partial charge in [-0.15, -0.1) is 5.10 Å². The molecule has 0 spiro atoms. The van der Waals surface area contributed by atoms with Crippen LogP contribution < -0.4 is 15.0 Å². The number of hydrogen-bond acceptors (Lipinski definition) is 6. The van der Waals surface area contributed by atoms with Gasteiger partial charge >= 0.3 is 0 Å². The summed E-state index contributed by atoms with van der Waals surface area (Å²) < 4.78 is 54.1. The smallest absolute Gasteiger partial charge is 0.233 e. The summed E-state index contributed by atoms with van der Waals surface area (Å²) in [5.41, 5.74) is 0.591. The quantitative estimate of drug-likeness (QED) is 0.598. The summed E-state index contributed by atoms with van der Waals surface area (Å²) >= 11 is 12.1. The molecule has 0 amide bonds. The molecule has 1 heterocycles. The van der Waals surface area contributed by atoms with Gasteiger partial charge in [-0.2, -0.15) is 0 Å². The van der Waals surface area contributed by atoms with E-state index in [0.29, 0.717) is 15.6 Å². The highest BCUT2D eigenvalue weighted by Gasteiger charge is 2.32. The lowest BCUT2D eigenvalue weighted by Gasteiger charge is -2.16. The Balaban J connectivity index is 2.58. The number of primary sulfonamides is 2. The van der Waals surface area contributed by atoms with Crippen molar-refractivity contribution in [2.45, 2.75) is 31.7 Å². The number of benzene rings is 1. The maximum Gasteiger partial charge on any atom is 0.233 e. The molecule has 2 rings (SSSR count). The summed E-state index contributed by atoms with van der Waals surface area (Å²) in [4.78, 5) is 0. The van der Waals surface area contributed by atoms with Crippen LogP contribution in [0.25, 0.3) is 0 Å². The van der Waals surface area contributed by atoms with Gasteiger partial charge in [-0.1, -0.05) is 29.3 Å². The minimum atomic E-state index is -4.33. The number of aromatic nitrogens is 2. The first kappa shape index (κ1) is 22.9. The highest BCUT2D eigenvalue weighted by molar-refractivity contribution is 7.93. The molecule has 1 unspecified atom stereocenters. The van der Waals surface area contributed by atoms with Crippen LogP contribution in [0, 0.1) is 0 Å². The second-order valence-electron chi connectivity index (χ2n) is 6.37. The monoisotopic (exact) mass is 470 g/mol. The van der Waals surface area contributed by atoms with E-state index >= 15 is 0 Å². The molecule has 156 valence electrons. The maximum absolute atomic E-state index is 12.1. The van der Waals surface area contributed by atoms with Crippen LogP contribution in [-0.2, 0) is 26.6 Å². The lowest BCUT2D eigenvalue weighted by Crippen LogP contribution is -2.32. The lowest BCUT2D eigenvalue weighted by molar-refractivity contribution is 0.230. The number of sulfonamides is 2. The van der Waals surface area contributed by atoms with Gasteiger partial charge in [0.15, 0.2) is 0 Å². The van der Waals surface area contributed by atoms with Gasteiger partial charge in [0.2, 0.25) is 25.9 Å². The topological polar surface area (TPSA) is 147 Å². The van der Waals surface area contributed by atoms with E-state index in [2.05, 4.69) is 5.10 Å². The van der Waals surface area contributed by atoms with Crippen molar-refractivity contribution in [2.75, 3.05) is 5.75 Å². The number of hydrogen-bond donors (Lipinski definition) is 2. The normalized spacial score (nSPS) is 13.7. The summed E-state index contributed by atoms with van der Waals surface area (Å²) in [5.74, 6) is -0.800. The number of rotatable bonds is 8. The molecular formula is C15H20Cl2N4O5S2. The molecule has 0 saturated heterocycles. The number of halogens is 2. The van der Waals surface area contributed by atoms with Crippen LogP contribution in [0.4, 0.5) is 0 Å². The van der Waals surface area contributed by atoms with E-state index in [0.717, 1.165) is 0 Å². The molecule has 0 aliphatic carbocycles. The molecule has 0 radical (unpaired) electrons. The van der Waals surface area contributed by atoms with Crippen molar-refractivity contribution in [1.29, 1.82) is 0 Å². The summed E-state index contributed by atoms with van der Waals surface area (Å²) in [7, 11) is -8.48. The zero-order valence-electron chi connectivity index (χ0n) is 15.0. The molecular weight excluding hydrogens is 451 g/mol. The Bertz CT molecular complexity index is 1070. The average molecular weight is 471 g/mol. The van der Waals surface area contributed by atoms with E-state index in [9.17, 15) is 16.8 Å². The van der Waals surface area contributed by atoms with Gasteiger partial charge in [0.1, 0.15) is 5.25 Å². The van der Waals surface area contributed by atoms with Crippen molar-refractivity contribution in [2.24, 2.45) is 10.3 Å². The Morgan fingerprint density at radius 3 is 2.29 bits per heavy atom. The van der Waals surface area contributed by atoms with Gasteiger partial charge in [-0.05, 0) is 31.5 Å². The average Bonchev–Trinajstić information content (AvgIpc) is 2.87. The van der Waals surface area contributed by atoms with Gasteiger partial charge in [-0.25, -0.2) is 27.1 Å². The molecule has 9 nitrogen and oxygen atoms in total. The number of ether oxygens (including phenoxy) is 1. The molecule has 28 heavy (non-hydrogen) atoms. The molecule has 4 N–H and O–H groups in total. The summed E-state index contributed by atoms with van der Waals surface area (Å²) in [6.07, 6.45) is -0.249. The van der Waals surface area contributed by atoms with Gasteiger partial charge in [0, 0.05) is 16.1 Å². The van der Waals surface area contributed by atoms with Crippen LogP contribution in [0.15, 0.2) is 24.3 Å². The zero-order valence-corrected chi connectivity index (χ0v) is 18.2. The SMILES string of the molecule is CC(C)Oc1cc(C(CS(N)(=O)=O)S(N)(=O)=O)n(Cc2ccc(Cl)cc2Cl)n1. The van der Waals surface area contributed by atoms with Crippen LogP contribution in [0.3, 0.4) is 0 Å². The molecule has 0 saturated carbocycles. The second-order valence-corrected chi connectivity index (χ2v) is 10.6. The lowest BCUT2D eigenvalue weighted by atomic mass is 10.2. The molecule has 1 atom stereocenters. The third-order valence-electron chi connectivity index (χ3n) is 3.59. The third kappa shape index (κ3) is 6.33. The van der Waals surface area contributed by atoms with Crippen LogP contribution in [0.2, 0.25) is 10.0 Å². The highest BCUT2D eigenvalue weighted by Crippen LogP contribution is 2.28. The third-order valence-corrected chi connectivity index (χ3v) is 6.39. The van der Waals surface area contributed by atoms with Crippen molar-refractivity contribution in [3.63, 3.8) is 0 Å². The fraction of sp³-hybridized carbons (Fsp3) is 0.400. The van der Waals surface area contributed by atoms with Crippen molar-refractivity contribution < 1.29 is 21.6 Å². The Morgan fingerprint density at radius 1 is 1.14 bits per heavy atom. The number of nitrogens with two attached hydrogens (primary N) is 2. The molecule has 13 heteroatoms. The van der Waals surface area contributed by atoms with Gasteiger partial charge in [-0.3, -0.25) is 4.68 Å². The molecule has 0 aliphatic heterocycles. The standard InChI is InChI=1S/C15H20Cl2N4O5S2/c1-9(2)26-15-6-13(14(28(19,24)25)8-27(18,22)23)21(20-15)7-10-3-4-11(16)5-12(10)17/h3-6,9,14H,7-8H2,1-2H3,(H2,18,22,23)(H2,19,24,25). The molecule has 0 fully saturated rings. The minimum absolute atomic E-state index is 0.0122. The van der Waals surface area contributed by atoms with E-state index in [1.807, 2.05) is 0 Å². The first-order valence-corrected chi connectivity index (χ1v) is 12.0.